The van der Waals surface area contributed by atoms with Crippen LogP contribution in [0.15, 0.2) is 53.7 Å². The van der Waals surface area contributed by atoms with Gasteiger partial charge in [-0.15, -0.1) is 0 Å². The van der Waals surface area contributed by atoms with Crippen LogP contribution in [-0.2, 0) is 0 Å². The van der Waals surface area contributed by atoms with Gasteiger partial charge in [-0.05, 0) is 23.8 Å². The Morgan fingerprint density at radius 1 is 1.04 bits per heavy atom. The van der Waals surface area contributed by atoms with Gasteiger partial charge in [0.05, 0.1) is 14.7 Å². The molecule has 142 valence electrons. The van der Waals surface area contributed by atoms with Gasteiger partial charge in [0.25, 0.3) is 11.4 Å². The molecule has 0 saturated carbocycles. The smallest absolute Gasteiger partial charge is 0.270 e. The van der Waals surface area contributed by atoms with E-state index in [1.165, 1.54) is 35.6 Å². The predicted molar refractivity (Wildman–Crippen MR) is 109 cm³/mol. The van der Waals surface area contributed by atoms with Crippen molar-refractivity contribution < 1.29 is 9.85 Å². The first-order chi connectivity index (χ1) is 13.3. The summed E-state index contributed by atoms with van der Waals surface area (Å²) in [6.45, 7) is 0. The number of hydrogen-bond donors (Lipinski definition) is 0. The normalized spacial score (nSPS) is 10.9. The summed E-state index contributed by atoms with van der Waals surface area (Å²) in [4.78, 5) is 32.1. The summed E-state index contributed by atoms with van der Waals surface area (Å²) in [5.41, 5.74) is 2.20. The summed E-state index contributed by atoms with van der Waals surface area (Å²) in [5, 5.41) is 22.3. The Hall–Kier alpha value is -3.66. The standard InChI is InChI=1S/C18H15N5O4S/c1-21(2)16-8-7-15(23(26)27)9-13(16)10-19-18-20-11-17(28-18)12-3-5-14(6-4-12)22(24)25/h3-11H,1-2H3/b19-10+. The van der Waals surface area contributed by atoms with Crippen molar-refractivity contribution in [1.82, 2.24) is 4.98 Å². The molecule has 1 aromatic heterocycles. The summed E-state index contributed by atoms with van der Waals surface area (Å²) in [6.07, 6.45) is 3.18. The summed E-state index contributed by atoms with van der Waals surface area (Å²) in [6, 6.07) is 10.8. The van der Waals surface area contributed by atoms with E-state index < -0.39 is 9.85 Å². The largest absolute Gasteiger partial charge is 0.377 e. The maximum absolute atomic E-state index is 11.0. The Bertz CT molecular complexity index is 1060. The number of aromatic nitrogens is 1. The Labute approximate surface area is 163 Å². The van der Waals surface area contributed by atoms with Crippen molar-refractivity contribution in [2.24, 2.45) is 4.99 Å². The van der Waals surface area contributed by atoms with Crippen LogP contribution in [0.1, 0.15) is 5.56 Å². The van der Waals surface area contributed by atoms with Crippen molar-refractivity contribution in [2.75, 3.05) is 19.0 Å². The molecule has 3 aromatic rings. The van der Waals surface area contributed by atoms with Gasteiger partial charge in [-0.1, -0.05) is 11.3 Å². The highest BCUT2D eigenvalue weighted by Crippen LogP contribution is 2.32. The average molecular weight is 397 g/mol. The highest BCUT2D eigenvalue weighted by Gasteiger charge is 2.12. The minimum absolute atomic E-state index is 0.0160. The van der Waals surface area contributed by atoms with Crippen LogP contribution in [0.3, 0.4) is 0 Å². The van der Waals surface area contributed by atoms with E-state index in [-0.39, 0.29) is 11.4 Å². The quantitative estimate of drug-likeness (QED) is 0.345. The lowest BCUT2D eigenvalue weighted by Gasteiger charge is -2.14. The number of hydrogen-bond acceptors (Lipinski definition) is 8. The zero-order chi connectivity index (χ0) is 20.3. The average Bonchev–Trinajstić information content (AvgIpc) is 3.15. The fourth-order valence-corrected chi connectivity index (χ4v) is 3.26. The van der Waals surface area contributed by atoms with E-state index in [0.29, 0.717) is 10.7 Å². The van der Waals surface area contributed by atoms with Crippen LogP contribution < -0.4 is 4.90 Å². The molecule has 0 aliphatic heterocycles. The minimum Gasteiger partial charge on any atom is -0.377 e. The van der Waals surface area contributed by atoms with E-state index in [1.807, 2.05) is 19.0 Å². The predicted octanol–water partition coefficient (Wildman–Crippen LogP) is 4.44. The van der Waals surface area contributed by atoms with Crippen molar-refractivity contribution in [3.05, 3.63) is 74.5 Å². The third kappa shape index (κ3) is 4.18. The zero-order valence-corrected chi connectivity index (χ0v) is 15.8. The first kappa shape index (κ1) is 19.1. The lowest BCUT2D eigenvalue weighted by atomic mass is 10.1. The van der Waals surface area contributed by atoms with Crippen LogP contribution in [0.4, 0.5) is 22.2 Å². The van der Waals surface area contributed by atoms with Crippen LogP contribution in [0.25, 0.3) is 10.4 Å². The maximum atomic E-state index is 11.0. The lowest BCUT2D eigenvalue weighted by molar-refractivity contribution is -0.385. The molecule has 0 N–H and O–H groups in total. The SMILES string of the molecule is CN(C)c1ccc([N+](=O)[O-])cc1/C=N/c1ncc(-c2ccc([N+](=O)[O-])cc2)s1. The number of non-ortho nitro benzene ring substituents is 2. The molecular weight excluding hydrogens is 382 g/mol. The van der Waals surface area contributed by atoms with Gasteiger partial charge in [0.1, 0.15) is 0 Å². The van der Waals surface area contributed by atoms with Crippen LogP contribution in [0.5, 0.6) is 0 Å². The Kier molecular flexibility index (Phi) is 5.41. The van der Waals surface area contributed by atoms with E-state index in [9.17, 15) is 20.2 Å². The second-order valence-electron chi connectivity index (χ2n) is 5.96. The molecule has 0 aliphatic rings. The molecule has 0 aliphatic carbocycles. The summed E-state index contributed by atoms with van der Waals surface area (Å²) < 4.78 is 0. The molecule has 0 spiro atoms. The van der Waals surface area contributed by atoms with E-state index in [2.05, 4.69) is 9.98 Å². The van der Waals surface area contributed by atoms with E-state index >= 15 is 0 Å². The number of nitrogens with zero attached hydrogens (tertiary/aromatic N) is 5. The highest BCUT2D eigenvalue weighted by molar-refractivity contribution is 7.18. The van der Waals surface area contributed by atoms with E-state index in [1.54, 1.807) is 30.6 Å². The van der Waals surface area contributed by atoms with Crippen molar-refractivity contribution in [3.63, 3.8) is 0 Å². The molecule has 0 atom stereocenters. The molecule has 28 heavy (non-hydrogen) atoms. The number of anilines is 1. The molecule has 0 saturated heterocycles. The second-order valence-corrected chi connectivity index (χ2v) is 6.97. The highest BCUT2D eigenvalue weighted by atomic mass is 32.1. The monoisotopic (exact) mass is 397 g/mol. The molecule has 0 bridgehead atoms. The first-order valence-electron chi connectivity index (χ1n) is 8.05. The third-order valence-electron chi connectivity index (χ3n) is 3.87. The number of nitro groups is 2. The molecule has 0 fully saturated rings. The van der Waals surface area contributed by atoms with Gasteiger partial charge < -0.3 is 4.90 Å². The molecule has 0 radical (unpaired) electrons. The Morgan fingerprint density at radius 3 is 2.29 bits per heavy atom. The Morgan fingerprint density at radius 2 is 1.68 bits per heavy atom. The zero-order valence-electron chi connectivity index (χ0n) is 15.0. The van der Waals surface area contributed by atoms with Crippen molar-refractivity contribution in [1.29, 1.82) is 0 Å². The van der Waals surface area contributed by atoms with Crippen LogP contribution in [0, 0.1) is 20.2 Å². The van der Waals surface area contributed by atoms with Gasteiger partial charge in [0, 0.05) is 62.0 Å². The molecule has 2 aromatic carbocycles. The topological polar surface area (TPSA) is 115 Å². The second kappa shape index (κ2) is 7.92. The van der Waals surface area contributed by atoms with Crippen LogP contribution >= 0.6 is 11.3 Å². The molecule has 0 amide bonds. The third-order valence-corrected chi connectivity index (χ3v) is 4.83. The van der Waals surface area contributed by atoms with Crippen LogP contribution in [-0.4, -0.2) is 35.1 Å². The number of aliphatic imine (C=N–C) groups is 1. The van der Waals surface area contributed by atoms with Gasteiger partial charge in [-0.25, -0.2) is 9.98 Å². The van der Waals surface area contributed by atoms with E-state index in [4.69, 9.17) is 0 Å². The van der Waals surface area contributed by atoms with Gasteiger partial charge in [-0.3, -0.25) is 20.2 Å². The van der Waals surface area contributed by atoms with Crippen LogP contribution in [0.2, 0.25) is 0 Å². The number of thiazole rings is 1. The summed E-state index contributed by atoms with van der Waals surface area (Å²) in [7, 11) is 3.68. The fraction of sp³-hybridized carbons (Fsp3) is 0.111. The molecule has 10 heteroatoms. The minimum atomic E-state index is -0.452. The van der Waals surface area contributed by atoms with Crippen molar-refractivity contribution >= 4 is 39.7 Å². The van der Waals surface area contributed by atoms with Gasteiger partial charge in [0.15, 0.2) is 0 Å². The molecule has 3 rings (SSSR count). The number of nitro benzene ring substituents is 2. The van der Waals surface area contributed by atoms with Gasteiger partial charge >= 0.3 is 0 Å². The molecule has 9 nitrogen and oxygen atoms in total. The molecule has 0 unspecified atom stereocenters. The first-order valence-corrected chi connectivity index (χ1v) is 8.87. The van der Waals surface area contributed by atoms with Crippen molar-refractivity contribution in [2.45, 2.75) is 0 Å². The number of rotatable bonds is 6. The fourth-order valence-electron chi connectivity index (χ4n) is 2.50. The van der Waals surface area contributed by atoms with Gasteiger partial charge in [0.2, 0.25) is 5.13 Å². The summed E-state index contributed by atoms with van der Waals surface area (Å²) in [5.74, 6) is 0. The number of benzene rings is 2. The molecule has 1 heterocycles. The Balaban J connectivity index is 1.87. The van der Waals surface area contributed by atoms with E-state index in [0.717, 1.165) is 16.1 Å². The lowest BCUT2D eigenvalue weighted by Crippen LogP contribution is -2.11. The molecular formula is C18H15N5O4S. The van der Waals surface area contributed by atoms with Gasteiger partial charge in [-0.2, -0.15) is 0 Å². The maximum Gasteiger partial charge on any atom is 0.270 e. The summed E-state index contributed by atoms with van der Waals surface area (Å²) >= 11 is 1.32. The van der Waals surface area contributed by atoms with Crippen molar-refractivity contribution in [3.8, 4) is 10.4 Å².